The summed E-state index contributed by atoms with van der Waals surface area (Å²) in [6.07, 6.45) is 0.593. The Morgan fingerprint density at radius 1 is 1.47 bits per heavy atom. The number of nitrogens with two attached hydrogens (primary N) is 1. The van der Waals surface area contributed by atoms with E-state index in [1.54, 1.807) is 6.07 Å². The summed E-state index contributed by atoms with van der Waals surface area (Å²) >= 11 is 0. The summed E-state index contributed by atoms with van der Waals surface area (Å²) in [5.74, 6) is 0.486. The molecule has 0 aliphatic rings. The molecule has 0 amide bonds. The van der Waals surface area contributed by atoms with Crippen LogP contribution in [0.4, 0.5) is 0 Å². The third-order valence-corrected chi connectivity index (χ3v) is 3.18. The van der Waals surface area contributed by atoms with Crippen molar-refractivity contribution in [1.29, 1.82) is 0 Å². The lowest BCUT2D eigenvalue weighted by Gasteiger charge is -2.24. The van der Waals surface area contributed by atoms with Crippen LogP contribution in [0.15, 0.2) is 21.6 Å². The monoisotopic (exact) mass is 262 g/mol. The van der Waals surface area contributed by atoms with Crippen LogP contribution >= 0.6 is 0 Å². The van der Waals surface area contributed by atoms with Crippen molar-refractivity contribution in [2.75, 3.05) is 6.61 Å². The molecule has 0 fully saturated rings. The quantitative estimate of drug-likeness (QED) is 0.678. The minimum Gasteiger partial charge on any atom is -0.447 e. The second-order valence-electron chi connectivity index (χ2n) is 4.48. The highest BCUT2D eigenvalue weighted by molar-refractivity contribution is 7.89. The Balaban J connectivity index is 2.62. The predicted molar refractivity (Wildman–Crippen MR) is 62.7 cm³/mol. The zero-order chi connectivity index (χ0) is 13.1. The second-order valence-corrected chi connectivity index (χ2v) is 5.97. The van der Waals surface area contributed by atoms with E-state index in [0.717, 1.165) is 0 Å². The molecule has 0 saturated heterocycles. The lowest BCUT2D eigenvalue weighted by molar-refractivity contribution is 0.226. The molecule has 1 heterocycles. The standard InChI is InChI=1S/C10H18N2O4S/c1-10(2,5-6-13)12-7-8-3-4-9(16-8)17(11,14)15/h3-4,12-13H,5-7H2,1-2H3,(H2,11,14,15). The van der Waals surface area contributed by atoms with Crippen LogP contribution in [0.5, 0.6) is 0 Å². The number of aliphatic hydroxyl groups excluding tert-OH is 1. The fraction of sp³-hybridized carbons (Fsp3) is 0.600. The minimum atomic E-state index is -3.78. The highest BCUT2D eigenvalue weighted by atomic mass is 32.2. The number of aliphatic hydroxyl groups is 1. The number of nitrogens with one attached hydrogen (secondary N) is 1. The number of furan rings is 1. The number of hydrogen-bond acceptors (Lipinski definition) is 5. The van der Waals surface area contributed by atoms with Crippen LogP contribution in [0.25, 0.3) is 0 Å². The summed E-state index contributed by atoms with van der Waals surface area (Å²) in [6, 6.07) is 2.88. The molecular weight excluding hydrogens is 244 g/mol. The first-order valence-corrected chi connectivity index (χ1v) is 6.77. The highest BCUT2D eigenvalue weighted by Gasteiger charge is 2.18. The van der Waals surface area contributed by atoms with Crippen LogP contribution in [0.3, 0.4) is 0 Å². The largest absolute Gasteiger partial charge is 0.447 e. The van der Waals surface area contributed by atoms with Gasteiger partial charge in [0, 0.05) is 12.1 Å². The summed E-state index contributed by atoms with van der Waals surface area (Å²) in [6.45, 7) is 4.34. The van der Waals surface area contributed by atoms with E-state index in [-0.39, 0.29) is 17.2 Å². The van der Waals surface area contributed by atoms with Gasteiger partial charge in [0.25, 0.3) is 10.0 Å². The molecule has 0 spiro atoms. The van der Waals surface area contributed by atoms with E-state index >= 15 is 0 Å². The molecule has 17 heavy (non-hydrogen) atoms. The summed E-state index contributed by atoms with van der Waals surface area (Å²) in [4.78, 5) is 0. The minimum absolute atomic E-state index is 0.0839. The Morgan fingerprint density at radius 2 is 2.12 bits per heavy atom. The zero-order valence-corrected chi connectivity index (χ0v) is 10.8. The molecular formula is C10H18N2O4S. The van der Waals surface area contributed by atoms with Gasteiger partial charge in [-0.05, 0) is 32.4 Å². The average Bonchev–Trinajstić information content (AvgIpc) is 2.62. The van der Waals surface area contributed by atoms with E-state index in [0.29, 0.717) is 18.7 Å². The number of rotatable bonds is 6. The molecule has 0 bridgehead atoms. The molecule has 1 rings (SSSR count). The van der Waals surface area contributed by atoms with E-state index in [1.807, 2.05) is 13.8 Å². The SMILES string of the molecule is CC(C)(CCO)NCc1ccc(S(N)(=O)=O)o1. The first-order chi connectivity index (χ1) is 7.74. The molecule has 1 aromatic heterocycles. The van der Waals surface area contributed by atoms with Crippen LogP contribution in [0.2, 0.25) is 0 Å². The van der Waals surface area contributed by atoms with Crippen LogP contribution in [-0.4, -0.2) is 25.7 Å². The van der Waals surface area contributed by atoms with Crippen molar-refractivity contribution in [3.05, 3.63) is 17.9 Å². The van der Waals surface area contributed by atoms with Gasteiger partial charge >= 0.3 is 0 Å². The maximum absolute atomic E-state index is 11.0. The van der Waals surface area contributed by atoms with Crippen molar-refractivity contribution in [3.63, 3.8) is 0 Å². The molecule has 0 aliphatic carbocycles. The smallest absolute Gasteiger partial charge is 0.271 e. The van der Waals surface area contributed by atoms with Gasteiger partial charge in [-0.3, -0.25) is 0 Å². The van der Waals surface area contributed by atoms with Crippen LogP contribution < -0.4 is 10.5 Å². The first-order valence-electron chi connectivity index (χ1n) is 5.22. The van der Waals surface area contributed by atoms with Crippen molar-refractivity contribution >= 4 is 10.0 Å². The normalized spacial score (nSPS) is 12.9. The molecule has 0 aromatic carbocycles. The Kier molecular flexibility index (Phi) is 4.31. The van der Waals surface area contributed by atoms with Crippen molar-refractivity contribution in [1.82, 2.24) is 5.32 Å². The maximum atomic E-state index is 11.0. The van der Waals surface area contributed by atoms with Gasteiger partial charge in [0.2, 0.25) is 5.09 Å². The molecule has 98 valence electrons. The van der Waals surface area contributed by atoms with Crippen molar-refractivity contribution in [3.8, 4) is 0 Å². The van der Waals surface area contributed by atoms with Gasteiger partial charge in [-0.1, -0.05) is 0 Å². The third-order valence-electron chi connectivity index (χ3n) is 2.40. The van der Waals surface area contributed by atoms with E-state index < -0.39 is 10.0 Å². The molecule has 1 aromatic rings. The molecule has 7 heteroatoms. The topological polar surface area (TPSA) is 106 Å². The van der Waals surface area contributed by atoms with Gasteiger partial charge in [0.15, 0.2) is 0 Å². The Morgan fingerprint density at radius 3 is 2.59 bits per heavy atom. The Hall–Kier alpha value is -0.890. The average molecular weight is 262 g/mol. The van der Waals surface area contributed by atoms with Gasteiger partial charge in [0.05, 0.1) is 6.54 Å². The Labute approximate surface area is 101 Å². The van der Waals surface area contributed by atoms with Gasteiger partial charge in [-0.2, -0.15) is 0 Å². The zero-order valence-electron chi connectivity index (χ0n) is 9.93. The maximum Gasteiger partial charge on any atom is 0.271 e. The summed E-state index contributed by atoms with van der Waals surface area (Å²) in [7, 11) is -3.78. The Bertz CT molecular complexity index is 464. The molecule has 0 unspecified atom stereocenters. The molecule has 0 atom stereocenters. The molecule has 6 nitrogen and oxygen atoms in total. The third kappa shape index (κ3) is 4.47. The molecule has 0 aliphatic heterocycles. The number of primary sulfonamides is 1. The number of sulfonamides is 1. The molecule has 0 radical (unpaired) electrons. The summed E-state index contributed by atoms with van der Waals surface area (Å²) < 4.78 is 27.0. The van der Waals surface area contributed by atoms with Crippen molar-refractivity contribution in [2.24, 2.45) is 5.14 Å². The van der Waals surface area contributed by atoms with Gasteiger partial charge in [-0.25, -0.2) is 13.6 Å². The van der Waals surface area contributed by atoms with Crippen LogP contribution in [0, 0.1) is 0 Å². The fourth-order valence-corrected chi connectivity index (χ4v) is 1.78. The predicted octanol–water partition coefficient (Wildman–Crippen LogP) is 0.178. The van der Waals surface area contributed by atoms with Crippen LogP contribution in [0.1, 0.15) is 26.0 Å². The van der Waals surface area contributed by atoms with Gasteiger partial charge < -0.3 is 14.8 Å². The summed E-state index contributed by atoms with van der Waals surface area (Å²) in [5.41, 5.74) is -0.247. The second kappa shape index (κ2) is 5.18. The number of hydrogen-bond donors (Lipinski definition) is 3. The molecule has 4 N–H and O–H groups in total. The van der Waals surface area contributed by atoms with E-state index in [2.05, 4.69) is 5.32 Å². The van der Waals surface area contributed by atoms with Crippen molar-refractivity contribution in [2.45, 2.75) is 37.4 Å². The highest BCUT2D eigenvalue weighted by Crippen LogP contribution is 2.14. The van der Waals surface area contributed by atoms with E-state index in [4.69, 9.17) is 14.7 Å². The van der Waals surface area contributed by atoms with Gasteiger partial charge in [-0.15, -0.1) is 0 Å². The summed E-state index contributed by atoms with van der Waals surface area (Å²) in [5, 5.41) is 16.7. The first kappa shape index (κ1) is 14.2. The van der Waals surface area contributed by atoms with E-state index in [9.17, 15) is 8.42 Å². The van der Waals surface area contributed by atoms with Gasteiger partial charge in [0.1, 0.15) is 5.76 Å². The molecule has 0 saturated carbocycles. The lowest BCUT2D eigenvalue weighted by atomic mass is 10.0. The van der Waals surface area contributed by atoms with E-state index in [1.165, 1.54) is 6.07 Å². The van der Waals surface area contributed by atoms with Crippen LogP contribution in [-0.2, 0) is 16.6 Å². The van der Waals surface area contributed by atoms with Crippen molar-refractivity contribution < 1.29 is 17.9 Å². The lowest BCUT2D eigenvalue weighted by Crippen LogP contribution is -2.39. The fourth-order valence-electron chi connectivity index (χ4n) is 1.30.